The molecule has 1 fully saturated rings. The van der Waals surface area contributed by atoms with Gasteiger partial charge in [0.05, 0.1) is 4.88 Å². The Bertz CT molecular complexity index is 361. The largest absolute Gasteiger partial charge is 0.303 e. The zero-order valence-electron chi connectivity index (χ0n) is 11.2. The summed E-state index contributed by atoms with van der Waals surface area (Å²) in [5.74, 6) is 1.19. The Kier molecular flexibility index (Phi) is 5.39. The van der Waals surface area contributed by atoms with Gasteiger partial charge >= 0.3 is 0 Å². The van der Waals surface area contributed by atoms with Crippen molar-refractivity contribution in [2.75, 3.05) is 19.6 Å². The summed E-state index contributed by atoms with van der Waals surface area (Å²) in [6.45, 7) is 5.87. The monoisotopic (exact) mass is 265 g/mol. The number of likely N-dealkylation sites (tertiary alicyclic amines) is 1. The van der Waals surface area contributed by atoms with Crippen molar-refractivity contribution >= 4 is 17.1 Å². The molecule has 3 heteroatoms. The van der Waals surface area contributed by atoms with Crippen molar-refractivity contribution in [3.8, 4) is 0 Å². The van der Waals surface area contributed by atoms with Gasteiger partial charge in [0.15, 0.2) is 5.78 Å². The number of Topliss-reactive ketones (excluding diaryl/α,β-unsaturated/α-hetero) is 1. The maximum atomic E-state index is 11.9. The highest BCUT2D eigenvalue weighted by molar-refractivity contribution is 7.12. The van der Waals surface area contributed by atoms with Crippen molar-refractivity contribution < 1.29 is 4.79 Å². The van der Waals surface area contributed by atoms with E-state index in [2.05, 4.69) is 11.8 Å². The number of carbonyl (C=O) groups is 1. The van der Waals surface area contributed by atoms with Crippen LogP contribution in [-0.4, -0.2) is 30.3 Å². The number of hydrogen-bond acceptors (Lipinski definition) is 3. The van der Waals surface area contributed by atoms with E-state index in [-0.39, 0.29) is 0 Å². The molecule has 2 heterocycles. The molecule has 1 aliphatic heterocycles. The molecule has 1 aliphatic rings. The molecule has 1 atom stereocenters. The second kappa shape index (κ2) is 7.05. The molecule has 1 aromatic rings. The Morgan fingerprint density at radius 2 is 2.33 bits per heavy atom. The van der Waals surface area contributed by atoms with Gasteiger partial charge in [-0.2, -0.15) is 0 Å². The van der Waals surface area contributed by atoms with Gasteiger partial charge in [-0.25, -0.2) is 0 Å². The van der Waals surface area contributed by atoms with Crippen LogP contribution >= 0.6 is 11.3 Å². The molecule has 0 spiro atoms. The van der Waals surface area contributed by atoms with Gasteiger partial charge < -0.3 is 4.90 Å². The Balaban J connectivity index is 1.67. The van der Waals surface area contributed by atoms with Gasteiger partial charge in [0.2, 0.25) is 0 Å². The Hall–Kier alpha value is -0.670. The lowest BCUT2D eigenvalue weighted by Crippen LogP contribution is -2.26. The topological polar surface area (TPSA) is 20.3 Å². The summed E-state index contributed by atoms with van der Waals surface area (Å²) in [7, 11) is 0. The normalized spacial score (nSPS) is 21.7. The first-order valence-electron chi connectivity index (χ1n) is 7.05. The Labute approximate surface area is 114 Å². The Morgan fingerprint density at radius 1 is 1.44 bits per heavy atom. The summed E-state index contributed by atoms with van der Waals surface area (Å²) in [6.07, 6.45) is 5.71. The fourth-order valence-corrected chi connectivity index (χ4v) is 3.26. The van der Waals surface area contributed by atoms with E-state index in [1.165, 1.54) is 32.4 Å². The molecule has 2 rings (SSSR count). The third-order valence-corrected chi connectivity index (χ3v) is 4.69. The van der Waals surface area contributed by atoms with Crippen LogP contribution in [0.25, 0.3) is 0 Å². The first-order valence-corrected chi connectivity index (χ1v) is 7.93. The summed E-state index contributed by atoms with van der Waals surface area (Å²) in [5.41, 5.74) is 0. The van der Waals surface area contributed by atoms with Crippen LogP contribution in [0.2, 0.25) is 0 Å². The predicted octanol–water partition coefficient (Wildman–Crippen LogP) is 3.83. The minimum Gasteiger partial charge on any atom is -0.303 e. The van der Waals surface area contributed by atoms with Gasteiger partial charge in [0.25, 0.3) is 0 Å². The number of rotatable bonds is 5. The molecule has 0 bridgehead atoms. The second-order valence-corrected chi connectivity index (χ2v) is 6.33. The van der Waals surface area contributed by atoms with E-state index in [0.29, 0.717) is 12.2 Å². The maximum Gasteiger partial charge on any atom is 0.172 e. The van der Waals surface area contributed by atoms with E-state index in [1.54, 1.807) is 11.3 Å². The van der Waals surface area contributed by atoms with E-state index in [1.807, 2.05) is 17.5 Å². The number of thiophene rings is 1. The van der Waals surface area contributed by atoms with Gasteiger partial charge in [-0.1, -0.05) is 13.0 Å². The van der Waals surface area contributed by atoms with Crippen LogP contribution in [0.3, 0.4) is 0 Å². The van der Waals surface area contributed by atoms with Crippen molar-refractivity contribution in [3.05, 3.63) is 22.4 Å². The van der Waals surface area contributed by atoms with Crippen LogP contribution in [0.1, 0.15) is 48.7 Å². The number of carbonyl (C=O) groups excluding carboxylic acids is 1. The van der Waals surface area contributed by atoms with Crippen molar-refractivity contribution in [3.63, 3.8) is 0 Å². The molecule has 18 heavy (non-hydrogen) atoms. The molecular weight excluding hydrogens is 242 g/mol. The molecule has 0 aromatic carbocycles. The van der Waals surface area contributed by atoms with Gasteiger partial charge in [-0.05, 0) is 62.7 Å². The molecule has 2 nitrogen and oxygen atoms in total. The highest BCUT2D eigenvalue weighted by atomic mass is 32.1. The standard InChI is InChI=1S/C15H23NOS/c1-13-5-2-9-16(11-8-13)10-3-6-14(17)15-7-4-12-18-15/h4,7,12-13H,2-3,5-6,8-11H2,1H3. The molecule has 1 saturated heterocycles. The third-order valence-electron chi connectivity index (χ3n) is 3.78. The SMILES string of the molecule is CC1CCCN(CCCC(=O)c2cccs2)CC1. The van der Waals surface area contributed by atoms with E-state index in [4.69, 9.17) is 0 Å². The van der Waals surface area contributed by atoms with Gasteiger partial charge in [-0.15, -0.1) is 11.3 Å². The molecule has 1 unspecified atom stereocenters. The minimum atomic E-state index is 0.313. The molecule has 0 radical (unpaired) electrons. The van der Waals surface area contributed by atoms with Crippen LogP contribution in [-0.2, 0) is 0 Å². The minimum absolute atomic E-state index is 0.313. The highest BCUT2D eigenvalue weighted by Gasteiger charge is 2.14. The molecule has 0 saturated carbocycles. The Morgan fingerprint density at radius 3 is 3.11 bits per heavy atom. The maximum absolute atomic E-state index is 11.9. The van der Waals surface area contributed by atoms with E-state index >= 15 is 0 Å². The number of ketones is 1. The summed E-state index contributed by atoms with van der Waals surface area (Å²) >= 11 is 1.56. The fourth-order valence-electron chi connectivity index (χ4n) is 2.57. The van der Waals surface area contributed by atoms with Crippen molar-refractivity contribution in [1.82, 2.24) is 4.90 Å². The lowest BCUT2D eigenvalue weighted by atomic mass is 10.0. The average Bonchev–Trinajstić information content (AvgIpc) is 2.81. The van der Waals surface area contributed by atoms with Crippen molar-refractivity contribution in [1.29, 1.82) is 0 Å². The molecular formula is C15H23NOS. The summed E-state index contributed by atoms with van der Waals surface area (Å²) < 4.78 is 0. The van der Waals surface area contributed by atoms with Crippen LogP contribution in [0.5, 0.6) is 0 Å². The first-order chi connectivity index (χ1) is 8.75. The molecule has 100 valence electrons. The van der Waals surface area contributed by atoms with Crippen LogP contribution in [0, 0.1) is 5.92 Å². The third kappa shape index (κ3) is 4.21. The smallest absolute Gasteiger partial charge is 0.172 e. The lowest BCUT2D eigenvalue weighted by molar-refractivity contribution is 0.0978. The average molecular weight is 265 g/mol. The zero-order chi connectivity index (χ0) is 12.8. The van der Waals surface area contributed by atoms with Crippen molar-refractivity contribution in [2.45, 2.75) is 39.0 Å². The molecule has 0 amide bonds. The summed E-state index contributed by atoms with van der Waals surface area (Å²) in [4.78, 5) is 15.3. The molecule has 0 aliphatic carbocycles. The number of nitrogens with zero attached hydrogens (tertiary/aromatic N) is 1. The lowest BCUT2D eigenvalue weighted by Gasteiger charge is -2.19. The van der Waals surface area contributed by atoms with E-state index < -0.39 is 0 Å². The van der Waals surface area contributed by atoms with Crippen molar-refractivity contribution in [2.24, 2.45) is 5.92 Å². The van der Waals surface area contributed by atoms with E-state index in [9.17, 15) is 4.79 Å². The van der Waals surface area contributed by atoms with E-state index in [0.717, 1.165) is 23.8 Å². The second-order valence-electron chi connectivity index (χ2n) is 5.38. The van der Waals surface area contributed by atoms with Gasteiger partial charge in [-0.3, -0.25) is 4.79 Å². The summed E-state index contributed by atoms with van der Waals surface area (Å²) in [6, 6.07) is 3.88. The quantitative estimate of drug-likeness (QED) is 0.754. The first kappa shape index (κ1) is 13.8. The fraction of sp³-hybridized carbons (Fsp3) is 0.667. The number of hydrogen-bond donors (Lipinski definition) is 0. The van der Waals surface area contributed by atoms with Gasteiger partial charge in [0, 0.05) is 6.42 Å². The van der Waals surface area contributed by atoms with Crippen LogP contribution < -0.4 is 0 Å². The zero-order valence-corrected chi connectivity index (χ0v) is 12.0. The van der Waals surface area contributed by atoms with Crippen LogP contribution in [0.15, 0.2) is 17.5 Å². The predicted molar refractivity (Wildman–Crippen MR) is 77.3 cm³/mol. The highest BCUT2D eigenvalue weighted by Crippen LogP contribution is 2.17. The summed E-state index contributed by atoms with van der Waals surface area (Å²) in [5, 5.41) is 1.98. The molecule has 0 N–H and O–H groups in total. The van der Waals surface area contributed by atoms with Gasteiger partial charge in [0.1, 0.15) is 0 Å². The molecule has 1 aromatic heterocycles. The van der Waals surface area contributed by atoms with Crippen LogP contribution in [0.4, 0.5) is 0 Å².